The van der Waals surface area contributed by atoms with E-state index in [-0.39, 0.29) is 11.1 Å². The Kier molecular flexibility index (Phi) is 3.92. The number of alkyl halides is 1. The number of hydrogen-bond donors (Lipinski definition) is 3. The van der Waals surface area contributed by atoms with Crippen LogP contribution in [0.4, 0.5) is 0 Å². The van der Waals surface area contributed by atoms with Gasteiger partial charge in [-0.1, -0.05) is 28.1 Å². The summed E-state index contributed by atoms with van der Waals surface area (Å²) in [6, 6.07) is 4.97. The normalized spacial score (nSPS) is 15.1. The molecule has 14 heavy (non-hydrogen) atoms. The molecule has 2 atom stereocenters. The van der Waals surface area contributed by atoms with Crippen molar-refractivity contribution in [1.82, 2.24) is 0 Å². The molecule has 2 unspecified atom stereocenters. The van der Waals surface area contributed by atoms with Gasteiger partial charge in [-0.25, -0.2) is 0 Å². The van der Waals surface area contributed by atoms with Crippen LogP contribution in [0.5, 0.6) is 5.75 Å². The summed E-state index contributed by atoms with van der Waals surface area (Å²) < 4.78 is 0. The molecule has 4 heteroatoms. The molecule has 1 rings (SSSR count). The van der Waals surface area contributed by atoms with Gasteiger partial charge in [0.25, 0.3) is 0 Å². The van der Waals surface area contributed by atoms with Gasteiger partial charge < -0.3 is 15.3 Å². The van der Waals surface area contributed by atoms with Crippen LogP contribution in [0.3, 0.4) is 0 Å². The van der Waals surface area contributed by atoms with Gasteiger partial charge >= 0.3 is 0 Å². The maximum Gasteiger partial charge on any atom is 0.121 e. The second kappa shape index (κ2) is 4.77. The van der Waals surface area contributed by atoms with E-state index in [0.717, 1.165) is 5.56 Å². The number of aliphatic hydroxyl groups is 2. The van der Waals surface area contributed by atoms with Gasteiger partial charge in [-0.2, -0.15) is 0 Å². The average Bonchev–Trinajstić information content (AvgIpc) is 2.16. The number of phenolic OH excluding ortho intramolecular Hbond substituents is 1. The quantitative estimate of drug-likeness (QED) is 0.722. The molecule has 0 bridgehead atoms. The fourth-order valence-corrected chi connectivity index (χ4v) is 1.68. The minimum atomic E-state index is -1.06. The van der Waals surface area contributed by atoms with Crippen molar-refractivity contribution in [2.45, 2.75) is 19.1 Å². The van der Waals surface area contributed by atoms with Crippen molar-refractivity contribution in [1.29, 1.82) is 0 Å². The third kappa shape index (κ3) is 2.26. The third-order valence-corrected chi connectivity index (χ3v) is 2.78. The average molecular weight is 261 g/mol. The van der Waals surface area contributed by atoms with Gasteiger partial charge in [0.1, 0.15) is 11.9 Å². The SMILES string of the molecule is Cc1cccc(O)c1C(O)C(O)CBr. The van der Waals surface area contributed by atoms with Crippen molar-refractivity contribution in [2.75, 3.05) is 5.33 Å². The number of aryl methyl sites for hydroxylation is 1. The van der Waals surface area contributed by atoms with Crippen molar-refractivity contribution in [2.24, 2.45) is 0 Å². The second-order valence-corrected chi connectivity index (χ2v) is 3.82. The smallest absolute Gasteiger partial charge is 0.121 e. The Balaban J connectivity index is 3.05. The summed E-state index contributed by atoms with van der Waals surface area (Å²) in [7, 11) is 0. The van der Waals surface area contributed by atoms with E-state index in [1.165, 1.54) is 6.07 Å². The van der Waals surface area contributed by atoms with Gasteiger partial charge in [0.05, 0.1) is 6.10 Å². The molecule has 0 spiro atoms. The second-order valence-electron chi connectivity index (χ2n) is 3.17. The van der Waals surface area contributed by atoms with E-state index in [2.05, 4.69) is 15.9 Å². The molecule has 0 amide bonds. The van der Waals surface area contributed by atoms with Gasteiger partial charge in [0, 0.05) is 10.9 Å². The van der Waals surface area contributed by atoms with E-state index in [1.54, 1.807) is 19.1 Å². The first-order valence-corrected chi connectivity index (χ1v) is 5.40. The van der Waals surface area contributed by atoms with Gasteiger partial charge in [-0.15, -0.1) is 0 Å². The fraction of sp³-hybridized carbons (Fsp3) is 0.400. The van der Waals surface area contributed by atoms with Crippen LogP contribution < -0.4 is 0 Å². The molecule has 3 N–H and O–H groups in total. The van der Waals surface area contributed by atoms with Gasteiger partial charge in [0.2, 0.25) is 0 Å². The van der Waals surface area contributed by atoms with Crippen LogP contribution in [0.1, 0.15) is 17.2 Å². The highest BCUT2D eigenvalue weighted by Crippen LogP contribution is 2.29. The molecule has 3 nitrogen and oxygen atoms in total. The number of aliphatic hydroxyl groups excluding tert-OH is 2. The van der Waals surface area contributed by atoms with Crippen molar-refractivity contribution >= 4 is 15.9 Å². The van der Waals surface area contributed by atoms with Crippen LogP contribution in [0.15, 0.2) is 18.2 Å². The number of aromatic hydroxyl groups is 1. The predicted octanol–water partition coefficient (Wildman–Crippen LogP) is 1.49. The highest BCUT2D eigenvalue weighted by Gasteiger charge is 2.21. The summed E-state index contributed by atoms with van der Waals surface area (Å²) in [6.07, 6.45) is -1.97. The molecule has 78 valence electrons. The van der Waals surface area contributed by atoms with Crippen LogP contribution in [0, 0.1) is 6.92 Å². The molecule has 0 aliphatic heterocycles. The number of phenols is 1. The number of benzene rings is 1. The van der Waals surface area contributed by atoms with Gasteiger partial charge in [-0.05, 0) is 18.6 Å². The minimum Gasteiger partial charge on any atom is -0.508 e. The molecule has 1 aromatic carbocycles. The molecule has 0 aromatic heterocycles. The number of halogens is 1. The first-order valence-electron chi connectivity index (χ1n) is 4.28. The topological polar surface area (TPSA) is 60.7 Å². The lowest BCUT2D eigenvalue weighted by Gasteiger charge is -2.18. The van der Waals surface area contributed by atoms with E-state index in [4.69, 9.17) is 0 Å². The van der Waals surface area contributed by atoms with Crippen molar-refractivity contribution in [3.8, 4) is 5.75 Å². The maximum atomic E-state index is 9.71. The van der Waals surface area contributed by atoms with E-state index in [1.807, 2.05) is 0 Å². The molecule has 0 heterocycles. The lowest BCUT2D eigenvalue weighted by molar-refractivity contribution is 0.0324. The first-order chi connectivity index (χ1) is 6.57. The summed E-state index contributed by atoms with van der Waals surface area (Å²) in [4.78, 5) is 0. The Morgan fingerprint density at radius 1 is 1.36 bits per heavy atom. The molecule has 0 fully saturated rings. The summed E-state index contributed by atoms with van der Waals surface area (Å²) in [6.45, 7) is 1.78. The lowest BCUT2D eigenvalue weighted by Crippen LogP contribution is -2.20. The molecule has 0 aliphatic rings. The summed E-state index contributed by atoms with van der Waals surface area (Å²) in [5.41, 5.74) is 1.15. The highest BCUT2D eigenvalue weighted by molar-refractivity contribution is 9.09. The van der Waals surface area contributed by atoms with E-state index in [9.17, 15) is 15.3 Å². The largest absolute Gasteiger partial charge is 0.508 e. The zero-order valence-corrected chi connectivity index (χ0v) is 9.40. The highest BCUT2D eigenvalue weighted by atomic mass is 79.9. The molecule has 1 aromatic rings. The summed E-state index contributed by atoms with van der Waals surface area (Å²) in [5.74, 6) is 0.0116. The standard InChI is InChI=1S/C10H13BrO3/c1-6-3-2-4-7(12)9(6)10(14)8(13)5-11/h2-4,8,10,12-14H,5H2,1H3. The maximum absolute atomic E-state index is 9.71. The fourth-order valence-electron chi connectivity index (χ4n) is 1.33. The first kappa shape index (κ1) is 11.5. The number of rotatable bonds is 3. The molecule has 0 aliphatic carbocycles. The van der Waals surface area contributed by atoms with Crippen molar-refractivity contribution in [3.05, 3.63) is 29.3 Å². The monoisotopic (exact) mass is 260 g/mol. The molecule has 0 radical (unpaired) electrons. The van der Waals surface area contributed by atoms with Gasteiger partial charge in [0.15, 0.2) is 0 Å². The predicted molar refractivity (Wildman–Crippen MR) is 57.6 cm³/mol. The third-order valence-electron chi connectivity index (χ3n) is 2.12. The van der Waals surface area contributed by atoms with E-state index < -0.39 is 12.2 Å². The van der Waals surface area contributed by atoms with E-state index in [0.29, 0.717) is 5.56 Å². The van der Waals surface area contributed by atoms with Crippen LogP contribution in [-0.2, 0) is 0 Å². The Bertz CT molecular complexity index is 294. The van der Waals surface area contributed by atoms with Gasteiger partial charge in [-0.3, -0.25) is 0 Å². The Hall–Kier alpha value is -0.580. The Labute approximate surface area is 91.1 Å². The minimum absolute atomic E-state index is 0.0116. The zero-order valence-electron chi connectivity index (χ0n) is 7.81. The lowest BCUT2D eigenvalue weighted by atomic mass is 9.99. The van der Waals surface area contributed by atoms with Crippen LogP contribution in [0.25, 0.3) is 0 Å². The van der Waals surface area contributed by atoms with Crippen LogP contribution >= 0.6 is 15.9 Å². The molecule has 0 saturated carbocycles. The Morgan fingerprint density at radius 2 is 2.00 bits per heavy atom. The molecule has 0 saturated heterocycles. The van der Waals surface area contributed by atoms with Crippen molar-refractivity contribution in [3.63, 3.8) is 0 Å². The summed E-state index contributed by atoms with van der Waals surface area (Å²) >= 11 is 3.07. The Morgan fingerprint density at radius 3 is 2.50 bits per heavy atom. The summed E-state index contributed by atoms with van der Waals surface area (Å²) in [5, 5.41) is 28.9. The molecular formula is C10H13BrO3. The number of hydrogen-bond acceptors (Lipinski definition) is 3. The zero-order chi connectivity index (χ0) is 10.7. The van der Waals surface area contributed by atoms with E-state index >= 15 is 0 Å². The van der Waals surface area contributed by atoms with Crippen LogP contribution in [-0.4, -0.2) is 26.8 Å². The van der Waals surface area contributed by atoms with Crippen molar-refractivity contribution < 1.29 is 15.3 Å². The van der Waals surface area contributed by atoms with Crippen LogP contribution in [0.2, 0.25) is 0 Å². The molecular weight excluding hydrogens is 248 g/mol.